The first-order chi connectivity index (χ1) is 10.2. The van der Waals surface area contributed by atoms with Crippen molar-refractivity contribution in [1.82, 2.24) is 0 Å². The lowest BCUT2D eigenvalue weighted by Gasteiger charge is -2.10. The predicted octanol–water partition coefficient (Wildman–Crippen LogP) is 4.99. The van der Waals surface area contributed by atoms with Gasteiger partial charge < -0.3 is 10.2 Å². The van der Waals surface area contributed by atoms with Crippen LogP contribution in [-0.2, 0) is 4.79 Å². The summed E-state index contributed by atoms with van der Waals surface area (Å²) in [6, 6.07) is 0. The fourth-order valence-electron chi connectivity index (χ4n) is 2.56. The average Bonchev–Trinajstić information content (AvgIpc) is 2.45. The second-order valence-corrected chi connectivity index (χ2v) is 6.05. The minimum Gasteiger partial charge on any atom is -0.481 e. The molecule has 0 aromatic rings. The number of unbranched alkanes of at least 4 members (excludes halogenated alkanes) is 10. The average molecular weight is 298 g/mol. The van der Waals surface area contributed by atoms with Gasteiger partial charge in [0.15, 0.2) is 0 Å². The molecule has 0 fully saturated rings. The van der Waals surface area contributed by atoms with Gasteiger partial charge in [0.2, 0.25) is 0 Å². The maximum atomic E-state index is 10.3. The number of aliphatic carboxylic acids is 1. The van der Waals surface area contributed by atoms with Crippen LogP contribution in [0.4, 0.5) is 0 Å². The molecule has 0 aromatic heterocycles. The molecule has 0 aliphatic heterocycles. The fourth-order valence-corrected chi connectivity index (χ4v) is 2.56. The Balaban J connectivity index is 3.12. The summed E-state index contributed by atoms with van der Waals surface area (Å²) in [6.07, 6.45) is 15.1. The Morgan fingerprint density at radius 3 is 1.67 bits per heavy atom. The lowest BCUT2D eigenvalue weighted by molar-refractivity contribution is -0.137. The SMILES string of the molecule is [CH]CCCCCC(O)CCCCCCCCCCC(=O)O. The van der Waals surface area contributed by atoms with E-state index in [2.05, 4.69) is 0 Å². The highest BCUT2D eigenvalue weighted by molar-refractivity contribution is 5.66. The number of aliphatic hydroxyl groups is 1. The molecule has 3 nitrogen and oxygen atoms in total. The third-order valence-electron chi connectivity index (χ3n) is 3.92. The molecular formula is C18H34O3. The highest BCUT2D eigenvalue weighted by atomic mass is 16.4. The molecule has 0 saturated carbocycles. The molecule has 2 radical (unpaired) electrons. The third-order valence-corrected chi connectivity index (χ3v) is 3.92. The molecule has 0 saturated heterocycles. The summed E-state index contributed by atoms with van der Waals surface area (Å²) in [5, 5.41) is 18.3. The first-order valence-electron chi connectivity index (χ1n) is 8.76. The van der Waals surface area contributed by atoms with E-state index in [1.165, 1.54) is 25.7 Å². The van der Waals surface area contributed by atoms with Gasteiger partial charge >= 0.3 is 5.97 Å². The van der Waals surface area contributed by atoms with Gasteiger partial charge in [-0.15, -0.1) is 0 Å². The zero-order valence-corrected chi connectivity index (χ0v) is 13.6. The van der Waals surface area contributed by atoms with E-state index in [0.29, 0.717) is 6.42 Å². The van der Waals surface area contributed by atoms with Crippen LogP contribution in [-0.4, -0.2) is 22.3 Å². The highest BCUT2D eigenvalue weighted by Gasteiger charge is 2.03. The summed E-state index contributed by atoms with van der Waals surface area (Å²) in [4.78, 5) is 10.3. The summed E-state index contributed by atoms with van der Waals surface area (Å²) in [7, 11) is 0. The first-order valence-corrected chi connectivity index (χ1v) is 8.76. The molecule has 2 N–H and O–H groups in total. The fraction of sp³-hybridized carbons (Fsp3) is 0.889. The van der Waals surface area contributed by atoms with Crippen LogP contribution in [0, 0.1) is 6.92 Å². The summed E-state index contributed by atoms with van der Waals surface area (Å²) in [5.74, 6) is -0.684. The molecule has 0 spiro atoms. The summed E-state index contributed by atoms with van der Waals surface area (Å²) >= 11 is 0. The van der Waals surface area contributed by atoms with E-state index < -0.39 is 5.97 Å². The van der Waals surface area contributed by atoms with Crippen LogP contribution in [0.1, 0.15) is 96.3 Å². The largest absolute Gasteiger partial charge is 0.481 e. The zero-order valence-electron chi connectivity index (χ0n) is 13.6. The standard InChI is InChI=1S/C18H34O3/c1-2-3-4-11-14-17(19)15-12-9-7-5-6-8-10-13-16-18(20)21/h1,17,19H,2-16H2,(H,20,21). The van der Waals surface area contributed by atoms with E-state index in [4.69, 9.17) is 12.0 Å². The van der Waals surface area contributed by atoms with E-state index in [0.717, 1.165) is 64.2 Å². The molecule has 0 aromatic carbocycles. The predicted molar refractivity (Wildman–Crippen MR) is 87.2 cm³/mol. The lowest BCUT2D eigenvalue weighted by Crippen LogP contribution is -2.05. The zero-order chi connectivity index (χ0) is 15.8. The van der Waals surface area contributed by atoms with Crippen LogP contribution in [0.5, 0.6) is 0 Å². The van der Waals surface area contributed by atoms with Crippen LogP contribution in [0.2, 0.25) is 0 Å². The van der Waals surface area contributed by atoms with Crippen molar-refractivity contribution in [2.24, 2.45) is 0 Å². The van der Waals surface area contributed by atoms with Gasteiger partial charge in [0, 0.05) is 6.42 Å². The molecule has 21 heavy (non-hydrogen) atoms. The van der Waals surface area contributed by atoms with Crippen LogP contribution in [0.3, 0.4) is 0 Å². The topological polar surface area (TPSA) is 57.5 Å². The van der Waals surface area contributed by atoms with Gasteiger partial charge in [-0.25, -0.2) is 0 Å². The Morgan fingerprint density at radius 2 is 1.19 bits per heavy atom. The smallest absolute Gasteiger partial charge is 0.303 e. The monoisotopic (exact) mass is 298 g/mol. The van der Waals surface area contributed by atoms with E-state index >= 15 is 0 Å². The number of carboxylic acids is 1. The Morgan fingerprint density at radius 1 is 0.762 bits per heavy atom. The van der Waals surface area contributed by atoms with Gasteiger partial charge in [-0.05, 0) is 32.6 Å². The summed E-state index contributed by atoms with van der Waals surface area (Å²) < 4.78 is 0. The van der Waals surface area contributed by atoms with Crippen molar-refractivity contribution >= 4 is 5.97 Å². The number of carboxylic acid groups (broad SMARTS) is 1. The number of hydrogen-bond acceptors (Lipinski definition) is 2. The molecule has 1 unspecified atom stereocenters. The second-order valence-electron chi connectivity index (χ2n) is 6.05. The number of aliphatic hydroxyl groups excluding tert-OH is 1. The van der Waals surface area contributed by atoms with E-state index in [1.807, 2.05) is 0 Å². The van der Waals surface area contributed by atoms with Gasteiger partial charge in [0.1, 0.15) is 0 Å². The molecule has 124 valence electrons. The molecule has 0 bridgehead atoms. The Kier molecular flexibility index (Phi) is 15.4. The van der Waals surface area contributed by atoms with Gasteiger partial charge in [-0.3, -0.25) is 4.79 Å². The second kappa shape index (κ2) is 15.8. The van der Waals surface area contributed by atoms with Crippen LogP contribution in [0.15, 0.2) is 0 Å². The van der Waals surface area contributed by atoms with Gasteiger partial charge in [0.05, 0.1) is 6.10 Å². The highest BCUT2D eigenvalue weighted by Crippen LogP contribution is 2.14. The Labute approximate surface area is 131 Å². The maximum Gasteiger partial charge on any atom is 0.303 e. The molecule has 1 atom stereocenters. The van der Waals surface area contributed by atoms with Crippen molar-refractivity contribution in [1.29, 1.82) is 0 Å². The molecule has 3 heteroatoms. The Hall–Kier alpha value is -0.570. The van der Waals surface area contributed by atoms with Gasteiger partial charge in [-0.2, -0.15) is 0 Å². The molecule has 0 heterocycles. The van der Waals surface area contributed by atoms with Crippen LogP contribution < -0.4 is 0 Å². The lowest BCUT2D eigenvalue weighted by atomic mass is 10.0. The minimum atomic E-state index is -0.684. The molecule has 0 amide bonds. The van der Waals surface area contributed by atoms with E-state index in [-0.39, 0.29) is 6.10 Å². The van der Waals surface area contributed by atoms with Gasteiger partial charge in [0.25, 0.3) is 0 Å². The van der Waals surface area contributed by atoms with Crippen molar-refractivity contribution in [3.63, 3.8) is 0 Å². The normalized spacial score (nSPS) is 12.5. The number of hydrogen-bond donors (Lipinski definition) is 2. The minimum absolute atomic E-state index is 0.126. The maximum absolute atomic E-state index is 10.3. The van der Waals surface area contributed by atoms with E-state index in [1.54, 1.807) is 0 Å². The molecule has 0 aliphatic carbocycles. The van der Waals surface area contributed by atoms with Crippen LogP contribution >= 0.6 is 0 Å². The number of carbonyl (C=O) groups is 1. The summed E-state index contributed by atoms with van der Waals surface area (Å²) in [6.45, 7) is 5.44. The van der Waals surface area contributed by atoms with Gasteiger partial charge in [-0.1, -0.05) is 64.2 Å². The van der Waals surface area contributed by atoms with Crippen molar-refractivity contribution in [3.05, 3.63) is 6.92 Å². The molecule has 0 aliphatic rings. The molecule has 0 rings (SSSR count). The van der Waals surface area contributed by atoms with Crippen molar-refractivity contribution in [3.8, 4) is 0 Å². The van der Waals surface area contributed by atoms with Crippen LogP contribution in [0.25, 0.3) is 0 Å². The quantitative estimate of drug-likeness (QED) is 0.394. The van der Waals surface area contributed by atoms with Crippen molar-refractivity contribution in [2.45, 2.75) is 102 Å². The number of rotatable bonds is 16. The molecular weight excluding hydrogens is 264 g/mol. The first kappa shape index (κ1) is 20.4. The third kappa shape index (κ3) is 17.4. The van der Waals surface area contributed by atoms with E-state index in [9.17, 15) is 9.90 Å². The Bertz CT molecular complexity index is 229. The van der Waals surface area contributed by atoms with Crippen molar-refractivity contribution in [2.75, 3.05) is 0 Å². The summed E-state index contributed by atoms with van der Waals surface area (Å²) in [5.41, 5.74) is 0. The van der Waals surface area contributed by atoms with Crippen molar-refractivity contribution < 1.29 is 15.0 Å².